The zero-order valence-electron chi connectivity index (χ0n) is 17.9. The van der Waals surface area contributed by atoms with Crippen molar-refractivity contribution in [2.24, 2.45) is 0 Å². The van der Waals surface area contributed by atoms with E-state index in [2.05, 4.69) is 70.9 Å². The SMILES string of the molecule is CCc1ccc(Oc2ncnc(N3CCN(c4cccc(C)c4C)CC3)c2N)cc1. The lowest BCUT2D eigenvalue weighted by atomic mass is 10.1. The summed E-state index contributed by atoms with van der Waals surface area (Å²) < 4.78 is 5.95. The van der Waals surface area contributed by atoms with Gasteiger partial charge in [-0.05, 0) is 55.2 Å². The quantitative estimate of drug-likeness (QED) is 0.683. The summed E-state index contributed by atoms with van der Waals surface area (Å²) in [5.74, 6) is 1.87. The van der Waals surface area contributed by atoms with Crippen molar-refractivity contribution in [2.75, 3.05) is 41.7 Å². The number of aryl methyl sites for hydroxylation is 2. The molecule has 0 atom stereocenters. The van der Waals surface area contributed by atoms with Crippen LogP contribution in [-0.4, -0.2) is 36.1 Å². The van der Waals surface area contributed by atoms with Gasteiger partial charge in [-0.15, -0.1) is 0 Å². The van der Waals surface area contributed by atoms with Gasteiger partial charge in [0.05, 0.1) is 0 Å². The number of nitrogens with two attached hydrogens (primary N) is 1. The smallest absolute Gasteiger partial charge is 0.248 e. The van der Waals surface area contributed by atoms with Crippen LogP contribution in [0, 0.1) is 13.8 Å². The molecule has 156 valence electrons. The lowest BCUT2D eigenvalue weighted by Gasteiger charge is -2.38. The fourth-order valence-corrected chi connectivity index (χ4v) is 3.85. The number of anilines is 3. The molecule has 30 heavy (non-hydrogen) atoms. The molecule has 0 radical (unpaired) electrons. The first-order valence-corrected chi connectivity index (χ1v) is 10.5. The molecular weight excluding hydrogens is 374 g/mol. The minimum absolute atomic E-state index is 0.404. The molecule has 0 bridgehead atoms. The van der Waals surface area contributed by atoms with Gasteiger partial charge in [-0.25, -0.2) is 4.98 Å². The minimum atomic E-state index is 0.404. The minimum Gasteiger partial charge on any atom is -0.437 e. The normalized spacial score (nSPS) is 14.1. The van der Waals surface area contributed by atoms with Gasteiger partial charge in [-0.3, -0.25) is 0 Å². The Kier molecular flexibility index (Phi) is 5.74. The Morgan fingerprint density at radius 1 is 0.933 bits per heavy atom. The molecule has 0 spiro atoms. The van der Waals surface area contributed by atoms with Gasteiger partial charge in [-0.1, -0.05) is 31.2 Å². The highest BCUT2D eigenvalue weighted by Crippen LogP contribution is 2.32. The number of benzene rings is 2. The number of nitrogen functional groups attached to an aromatic ring is 1. The van der Waals surface area contributed by atoms with Crippen LogP contribution in [0.3, 0.4) is 0 Å². The van der Waals surface area contributed by atoms with Crippen molar-refractivity contribution in [1.29, 1.82) is 0 Å². The van der Waals surface area contributed by atoms with E-state index in [1.807, 2.05) is 12.1 Å². The van der Waals surface area contributed by atoms with Gasteiger partial charge >= 0.3 is 0 Å². The number of aromatic nitrogens is 2. The second kappa shape index (κ2) is 8.61. The molecule has 1 saturated heterocycles. The molecular formula is C24H29N5O. The van der Waals surface area contributed by atoms with E-state index in [0.717, 1.165) is 44.2 Å². The zero-order chi connectivity index (χ0) is 21.1. The van der Waals surface area contributed by atoms with E-state index in [1.165, 1.54) is 28.7 Å². The summed E-state index contributed by atoms with van der Waals surface area (Å²) in [6.07, 6.45) is 2.52. The second-order valence-corrected chi connectivity index (χ2v) is 7.71. The Bertz CT molecular complexity index is 1010. The van der Waals surface area contributed by atoms with Crippen LogP contribution in [0.2, 0.25) is 0 Å². The fraction of sp³-hybridized carbons (Fsp3) is 0.333. The maximum absolute atomic E-state index is 6.40. The topological polar surface area (TPSA) is 67.5 Å². The predicted molar refractivity (Wildman–Crippen MR) is 123 cm³/mol. The monoisotopic (exact) mass is 403 g/mol. The number of ether oxygens (including phenoxy) is 1. The average Bonchev–Trinajstić information content (AvgIpc) is 2.78. The van der Waals surface area contributed by atoms with Crippen molar-refractivity contribution in [1.82, 2.24) is 9.97 Å². The molecule has 3 aromatic rings. The summed E-state index contributed by atoms with van der Waals surface area (Å²) in [6.45, 7) is 10.0. The third kappa shape index (κ3) is 4.03. The van der Waals surface area contributed by atoms with E-state index < -0.39 is 0 Å². The first kappa shape index (κ1) is 20.0. The van der Waals surface area contributed by atoms with E-state index in [0.29, 0.717) is 11.6 Å². The molecule has 0 unspecified atom stereocenters. The van der Waals surface area contributed by atoms with Crippen LogP contribution in [-0.2, 0) is 6.42 Å². The number of piperazine rings is 1. The molecule has 1 fully saturated rings. The lowest BCUT2D eigenvalue weighted by Crippen LogP contribution is -2.47. The van der Waals surface area contributed by atoms with Gasteiger partial charge in [-0.2, -0.15) is 4.98 Å². The molecule has 6 nitrogen and oxygen atoms in total. The number of hydrogen-bond acceptors (Lipinski definition) is 6. The molecule has 2 N–H and O–H groups in total. The van der Waals surface area contributed by atoms with E-state index in [-0.39, 0.29) is 0 Å². The van der Waals surface area contributed by atoms with Crippen LogP contribution in [0.4, 0.5) is 17.2 Å². The van der Waals surface area contributed by atoms with Crippen molar-refractivity contribution in [2.45, 2.75) is 27.2 Å². The van der Waals surface area contributed by atoms with Crippen molar-refractivity contribution < 1.29 is 4.74 Å². The zero-order valence-corrected chi connectivity index (χ0v) is 17.9. The Morgan fingerprint density at radius 3 is 2.33 bits per heavy atom. The average molecular weight is 404 g/mol. The molecule has 4 rings (SSSR count). The molecule has 0 saturated carbocycles. The van der Waals surface area contributed by atoms with Gasteiger partial charge in [0.2, 0.25) is 5.88 Å². The van der Waals surface area contributed by atoms with E-state index in [4.69, 9.17) is 10.5 Å². The second-order valence-electron chi connectivity index (χ2n) is 7.71. The van der Waals surface area contributed by atoms with Crippen molar-refractivity contribution in [3.8, 4) is 11.6 Å². The van der Waals surface area contributed by atoms with Crippen LogP contribution in [0.5, 0.6) is 11.6 Å². The first-order valence-electron chi connectivity index (χ1n) is 10.5. The molecule has 2 heterocycles. The molecule has 0 amide bonds. The number of rotatable bonds is 5. The third-order valence-electron chi connectivity index (χ3n) is 5.87. The molecule has 6 heteroatoms. The molecule has 2 aromatic carbocycles. The summed E-state index contributed by atoms with van der Waals surface area (Å²) in [7, 11) is 0. The standard InChI is InChI=1S/C24H29N5O/c1-4-19-8-10-20(11-9-19)30-24-22(25)23(26-16-27-24)29-14-12-28(13-15-29)21-7-5-6-17(2)18(21)3/h5-11,16H,4,12-15,25H2,1-3H3. The van der Waals surface area contributed by atoms with Crippen LogP contribution >= 0.6 is 0 Å². The molecule has 0 aliphatic carbocycles. The van der Waals surface area contributed by atoms with Crippen LogP contribution < -0.4 is 20.3 Å². The lowest BCUT2D eigenvalue weighted by molar-refractivity contribution is 0.463. The Labute approximate surface area is 178 Å². The van der Waals surface area contributed by atoms with Crippen LogP contribution in [0.25, 0.3) is 0 Å². The van der Waals surface area contributed by atoms with Crippen molar-refractivity contribution >= 4 is 17.2 Å². The molecule has 1 aliphatic rings. The Balaban J connectivity index is 1.47. The van der Waals surface area contributed by atoms with Crippen LogP contribution in [0.15, 0.2) is 48.8 Å². The first-order chi connectivity index (χ1) is 14.6. The van der Waals surface area contributed by atoms with E-state index >= 15 is 0 Å². The Morgan fingerprint density at radius 2 is 1.63 bits per heavy atom. The summed E-state index contributed by atoms with van der Waals surface area (Å²) in [5.41, 5.74) is 12.1. The number of nitrogens with zero attached hydrogens (tertiary/aromatic N) is 4. The van der Waals surface area contributed by atoms with Gasteiger partial charge < -0.3 is 20.3 Å². The summed E-state index contributed by atoms with van der Waals surface area (Å²) >= 11 is 0. The predicted octanol–water partition coefficient (Wildman–Crippen LogP) is 4.36. The summed E-state index contributed by atoms with van der Waals surface area (Å²) in [6, 6.07) is 14.5. The molecule has 1 aliphatic heterocycles. The Hall–Kier alpha value is -3.28. The van der Waals surface area contributed by atoms with Crippen molar-refractivity contribution in [3.05, 3.63) is 65.5 Å². The fourth-order valence-electron chi connectivity index (χ4n) is 3.85. The maximum Gasteiger partial charge on any atom is 0.248 e. The van der Waals surface area contributed by atoms with Gasteiger partial charge in [0.25, 0.3) is 0 Å². The molecule has 1 aromatic heterocycles. The largest absolute Gasteiger partial charge is 0.437 e. The van der Waals surface area contributed by atoms with E-state index in [1.54, 1.807) is 0 Å². The van der Waals surface area contributed by atoms with Crippen molar-refractivity contribution in [3.63, 3.8) is 0 Å². The van der Waals surface area contributed by atoms with Gasteiger partial charge in [0.15, 0.2) is 5.82 Å². The summed E-state index contributed by atoms with van der Waals surface area (Å²) in [4.78, 5) is 13.4. The van der Waals surface area contributed by atoms with Gasteiger partial charge in [0.1, 0.15) is 17.8 Å². The highest BCUT2D eigenvalue weighted by atomic mass is 16.5. The third-order valence-corrected chi connectivity index (χ3v) is 5.87. The highest BCUT2D eigenvalue weighted by Gasteiger charge is 2.23. The maximum atomic E-state index is 6.40. The highest BCUT2D eigenvalue weighted by molar-refractivity contribution is 5.69. The summed E-state index contributed by atoms with van der Waals surface area (Å²) in [5, 5.41) is 0. The van der Waals surface area contributed by atoms with Crippen LogP contribution in [0.1, 0.15) is 23.6 Å². The van der Waals surface area contributed by atoms with Gasteiger partial charge in [0, 0.05) is 31.9 Å². The van der Waals surface area contributed by atoms with E-state index in [9.17, 15) is 0 Å². The number of hydrogen-bond donors (Lipinski definition) is 1.